The van der Waals surface area contributed by atoms with Crippen LogP contribution in [0.5, 0.6) is 5.75 Å². The Kier molecular flexibility index (Phi) is 5.42. The number of benzene rings is 1. The molecule has 86 valence electrons. The largest absolute Gasteiger partial charge is 0.494 e. The second-order valence-electron chi connectivity index (χ2n) is 4.00. The molecule has 0 bridgehead atoms. The molecule has 0 heterocycles. The highest BCUT2D eigenvalue weighted by Crippen LogP contribution is 2.16. The van der Waals surface area contributed by atoms with Gasteiger partial charge in [0.1, 0.15) is 5.75 Å². The van der Waals surface area contributed by atoms with E-state index in [9.17, 15) is 0 Å². The summed E-state index contributed by atoms with van der Waals surface area (Å²) in [5.41, 5.74) is 1.70. The Hall–Kier alpha value is -1.49. The fraction of sp³-hybridized carbons (Fsp3) is 0.500. The zero-order valence-electron chi connectivity index (χ0n) is 10.1. The summed E-state index contributed by atoms with van der Waals surface area (Å²) in [5.74, 6) is 0.869. The van der Waals surface area contributed by atoms with E-state index in [0.717, 1.165) is 29.9 Å². The third-order valence-corrected chi connectivity index (χ3v) is 2.58. The van der Waals surface area contributed by atoms with Crippen molar-refractivity contribution in [3.8, 4) is 11.8 Å². The highest BCUT2D eigenvalue weighted by atomic mass is 16.5. The Morgan fingerprint density at radius 1 is 1.25 bits per heavy atom. The summed E-state index contributed by atoms with van der Waals surface area (Å²) in [6.45, 7) is 4.90. The number of rotatable bonds is 6. The molecule has 0 saturated heterocycles. The lowest BCUT2D eigenvalue weighted by Crippen LogP contribution is -1.97. The van der Waals surface area contributed by atoms with Crippen molar-refractivity contribution in [1.82, 2.24) is 0 Å². The van der Waals surface area contributed by atoms with Crippen LogP contribution in [0.3, 0.4) is 0 Å². The molecule has 0 spiro atoms. The van der Waals surface area contributed by atoms with Crippen LogP contribution in [0.4, 0.5) is 0 Å². The molecule has 1 aromatic carbocycles. The van der Waals surface area contributed by atoms with E-state index in [4.69, 9.17) is 10.00 Å². The number of aryl methyl sites for hydroxylation is 1. The van der Waals surface area contributed by atoms with Gasteiger partial charge < -0.3 is 4.74 Å². The van der Waals surface area contributed by atoms with Crippen LogP contribution in [0.25, 0.3) is 0 Å². The monoisotopic (exact) mass is 217 g/mol. The van der Waals surface area contributed by atoms with Gasteiger partial charge in [-0.2, -0.15) is 5.26 Å². The van der Waals surface area contributed by atoms with E-state index >= 15 is 0 Å². The first-order chi connectivity index (χ1) is 7.77. The minimum absolute atomic E-state index is 0.721. The molecule has 0 amide bonds. The zero-order chi connectivity index (χ0) is 11.8. The molecule has 0 radical (unpaired) electrons. The van der Waals surface area contributed by atoms with Crippen molar-refractivity contribution in [2.45, 2.75) is 39.5 Å². The van der Waals surface area contributed by atoms with Crippen molar-refractivity contribution < 1.29 is 4.74 Å². The van der Waals surface area contributed by atoms with Gasteiger partial charge in [-0.3, -0.25) is 0 Å². The number of hydrogen-bond acceptors (Lipinski definition) is 2. The Balaban J connectivity index is 2.38. The standard InChI is InChI=1S/C14H19NO/c1-3-4-5-6-9-16-14-8-7-13(11-15)12(2)10-14/h7-8,10H,3-6,9H2,1-2H3. The molecule has 0 atom stereocenters. The predicted octanol–water partition coefficient (Wildman–Crippen LogP) is 3.83. The zero-order valence-corrected chi connectivity index (χ0v) is 10.1. The summed E-state index contributed by atoms with van der Waals surface area (Å²) in [7, 11) is 0. The fourth-order valence-electron chi connectivity index (χ4n) is 1.57. The molecule has 0 unspecified atom stereocenters. The molecule has 0 aromatic heterocycles. The summed E-state index contributed by atoms with van der Waals surface area (Å²) in [6, 6.07) is 7.76. The average molecular weight is 217 g/mol. The van der Waals surface area contributed by atoms with Crippen molar-refractivity contribution in [3.63, 3.8) is 0 Å². The number of nitrogens with zero attached hydrogens (tertiary/aromatic N) is 1. The fourth-order valence-corrected chi connectivity index (χ4v) is 1.57. The maximum atomic E-state index is 8.79. The van der Waals surface area contributed by atoms with Crippen LogP contribution in [0.2, 0.25) is 0 Å². The van der Waals surface area contributed by atoms with Gasteiger partial charge in [-0.05, 0) is 37.1 Å². The topological polar surface area (TPSA) is 33.0 Å². The summed E-state index contributed by atoms with van der Waals surface area (Å²) in [6.07, 6.45) is 4.85. The summed E-state index contributed by atoms with van der Waals surface area (Å²) < 4.78 is 5.62. The second kappa shape index (κ2) is 6.90. The smallest absolute Gasteiger partial charge is 0.119 e. The van der Waals surface area contributed by atoms with Gasteiger partial charge in [0.15, 0.2) is 0 Å². The van der Waals surface area contributed by atoms with E-state index in [1.807, 2.05) is 25.1 Å². The maximum Gasteiger partial charge on any atom is 0.119 e. The molecule has 16 heavy (non-hydrogen) atoms. The van der Waals surface area contributed by atoms with E-state index in [1.165, 1.54) is 19.3 Å². The van der Waals surface area contributed by atoms with Crippen LogP contribution in [0, 0.1) is 18.3 Å². The van der Waals surface area contributed by atoms with Crippen LogP contribution in [0.1, 0.15) is 43.7 Å². The van der Waals surface area contributed by atoms with Crippen LogP contribution in [0.15, 0.2) is 18.2 Å². The van der Waals surface area contributed by atoms with Gasteiger partial charge in [-0.1, -0.05) is 26.2 Å². The summed E-state index contributed by atoms with van der Waals surface area (Å²) in [5, 5.41) is 8.79. The molecule has 0 aliphatic heterocycles. The van der Waals surface area contributed by atoms with Crippen molar-refractivity contribution in [2.24, 2.45) is 0 Å². The van der Waals surface area contributed by atoms with Crippen molar-refractivity contribution >= 4 is 0 Å². The molecule has 2 heteroatoms. The highest BCUT2D eigenvalue weighted by molar-refractivity contribution is 5.41. The Morgan fingerprint density at radius 3 is 2.69 bits per heavy atom. The first-order valence-corrected chi connectivity index (χ1v) is 5.91. The van der Waals surface area contributed by atoms with Gasteiger partial charge in [-0.25, -0.2) is 0 Å². The molecule has 0 fully saturated rings. The summed E-state index contributed by atoms with van der Waals surface area (Å²) >= 11 is 0. The van der Waals surface area contributed by atoms with Crippen molar-refractivity contribution in [2.75, 3.05) is 6.61 Å². The van der Waals surface area contributed by atoms with Crippen LogP contribution in [-0.4, -0.2) is 6.61 Å². The molecule has 0 aliphatic carbocycles. The number of hydrogen-bond donors (Lipinski definition) is 0. The third kappa shape index (κ3) is 3.94. The van der Waals surface area contributed by atoms with E-state index in [0.29, 0.717) is 0 Å². The molecule has 1 rings (SSSR count). The molecule has 0 aliphatic rings. The molecule has 0 N–H and O–H groups in total. The molecular weight excluding hydrogens is 198 g/mol. The SMILES string of the molecule is CCCCCCOc1ccc(C#N)c(C)c1. The number of nitriles is 1. The number of unbranched alkanes of at least 4 members (excludes halogenated alkanes) is 3. The summed E-state index contributed by atoms with van der Waals surface area (Å²) in [4.78, 5) is 0. The minimum atomic E-state index is 0.721. The van der Waals surface area contributed by atoms with Crippen molar-refractivity contribution in [1.29, 1.82) is 5.26 Å². The third-order valence-electron chi connectivity index (χ3n) is 2.58. The maximum absolute atomic E-state index is 8.79. The van der Waals surface area contributed by atoms with Crippen LogP contribution < -0.4 is 4.74 Å². The highest BCUT2D eigenvalue weighted by Gasteiger charge is 1.99. The number of ether oxygens (including phenoxy) is 1. The quantitative estimate of drug-likeness (QED) is 0.678. The van der Waals surface area contributed by atoms with E-state index in [2.05, 4.69) is 13.0 Å². The first-order valence-electron chi connectivity index (χ1n) is 5.91. The minimum Gasteiger partial charge on any atom is -0.494 e. The lowest BCUT2D eigenvalue weighted by molar-refractivity contribution is 0.305. The van der Waals surface area contributed by atoms with Gasteiger partial charge in [0.05, 0.1) is 18.2 Å². The molecular formula is C14H19NO. The lowest BCUT2D eigenvalue weighted by Gasteiger charge is -2.07. The Labute approximate surface area is 97.9 Å². The Morgan fingerprint density at radius 2 is 2.06 bits per heavy atom. The van der Waals surface area contributed by atoms with Gasteiger partial charge in [-0.15, -0.1) is 0 Å². The first kappa shape index (κ1) is 12.6. The predicted molar refractivity (Wildman–Crippen MR) is 65.5 cm³/mol. The van der Waals surface area contributed by atoms with E-state index in [-0.39, 0.29) is 0 Å². The average Bonchev–Trinajstić information content (AvgIpc) is 2.29. The van der Waals surface area contributed by atoms with Gasteiger partial charge in [0.2, 0.25) is 0 Å². The van der Waals surface area contributed by atoms with Crippen LogP contribution in [-0.2, 0) is 0 Å². The second-order valence-corrected chi connectivity index (χ2v) is 4.00. The lowest BCUT2D eigenvalue weighted by atomic mass is 10.1. The van der Waals surface area contributed by atoms with Crippen LogP contribution >= 0.6 is 0 Å². The van der Waals surface area contributed by atoms with Crippen molar-refractivity contribution in [3.05, 3.63) is 29.3 Å². The van der Waals surface area contributed by atoms with Gasteiger partial charge in [0.25, 0.3) is 0 Å². The molecule has 2 nitrogen and oxygen atoms in total. The van der Waals surface area contributed by atoms with E-state index < -0.39 is 0 Å². The molecule has 0 saturated carbocycles. The molecule has 1 aromatic rings. The normalized spacial score (nSPS) is 9.81. The Bertz CT molecular complexity index is 365. The van der Waals surface area contributed by atoms with E-state index in [1.54, 1.807) is 0 Å². The van der Waals surface area contributed by atoms with Gasteiger partial charge >= 0.3 is 0 Å². The van der Waals surface area contributed by atoms with Gasteiger partial charge in [0, 0.05) is 0 Å².